The summed E-state index contributed by atoms with van der Waals surface area (Å²) in [5, 5.41) is 0. The van der Waals surface area contributed by atoms with Crippen LogP contribution in [-0.2, 0) is 6.54 Å². The second-order valence-electron chi connectivity index (χ2n) is 5.35. The lowest BCUT2D eigenvalue weighted by Gasteiger charge is -2.35. The molecule has 1 amide bonds. The monoisotopic (exact) mass is 350 g/mol. The number of fused-ring (bicyclic) bond motifs is 1. The Balaban J connectivity index is 1.95. The van der Waals surface area contributed by atoms with Crippen LogP contribution in [0.25, 0.3) is 0 Å². The highest BCUT2D eigenvalue weighted by Gasteiger charge is 2.30. The Morgan fingerprint density at radius 3 is 2.81 bits per heavy atom. The minimum Gasteiger partial charge on any atom is -0.345 e. The molecule has 0 radical (unpaired) electrons. The van der Waals surface area contributed by atoms with E-state index in [2.05, 4.69) is 33.5 Å². The molecular formula is C16H16BrFN2O. The molecule has 0 fully saturated rings. The first kappa shape index (κ1) is 14.3. The second-order valence-corrected chi connectivity index (χ2v) is 6.27. The molecule has 1 atom stereocenters. The van der Waals surface area contributed by atoms with E-state index in [0.29, 0.717) is 11.0 Å². The zero-order valence-corrected chi connectivity index (χ0v) is 13.5. The number of halogens is 2. The van der Waals surface area contributed by atoms with Crippen molar-refractivity contribution in [1.82, 2.24) is 9.47 Å². The van der Waals surface area contributed by atoms with Gasteiger partial charge in [0.15, 0.2) is 0 Å². The molecule has 0 saturated heterocycles. The third kappa shape index (κ3) is 2.39. The van der Waals surface area contributed by atoms with E-state index in [4.69, 9.17) is 0 Å². The van der Waals surface area contributed by atoms with Gasteiger partial charge in [0.25, 0.3) is 5.91 Å². The molecule has 3 rings (SSSR count). The van der Waals surface area contributed by atoms with Gasteiger partial charge < -0.3 is 9.47 Å². The number of hydrogen-bond acceptors (Lipinski definition) is 1. The average Bonchev–Trinajstić information content (AvgIpc) is 2.84. The highest BCUT2D eigenvalue weighted by atomic mass is 79.9. The number of hydrogen-bond donors (Lipinski definition) is 0. The molecule has 1 aromatic carbocycles. The topological polar surface area (TPSA) is 25.2 Å². The van der Waals surface area contributed by atoms with Gasteiger partial charge in [0.2, 0.25) is 0 Å². The van der Waals surface area contributed by atoms with E-state index < -0.39 is 5.82 Å². The van der Waals surface area contributed by atoms with E-state index in [9.17, 15) is 9.18 Å². The molecule has 0 aliphatic carbocycles. The van der Waals surface area contributed by atoms with Gasteiger partial charge in [-0.1, -0.05) is 15.9 Å². The second kappa shape index (κ2) is 5.30. The summed E-state index contributed by atoms with van der Waals surface area (Å²) in [4.78, 5) is 14.4. The van der Waals surface area contributed by atoms with Crippen LogP contribution >= 0.6 is 15.9 Å². The van der Waals surface area contributed by atoms with Crippen LogP contribution in [0.2, 0.25) is 0 Å². The quantitative estimate of drug-likeness (QED) is 0.765. The fraction of sp³-hybridized carbons (Fsp3) is 0.312. The van der Waals surface area contributed by atoms with E-state index in [1.807, 2.05) is 13.0 Å². The van der Waals surface area contributed by atoms with E-state index in [0.717, 1.165) is 12.2 Å². The standard InChI is InChI=1S/C16H16BrFN2O/c1-10-3-6-15-11(2)20(8-7-19(10)15)16(21)13-9-12(17)4-5-14(13)18/h3-6,9,11H,7-8H2,1-2H3. The molecule has 1 aromatic heterocycles. The number of benzene rings is 1. The van der Waals surface area contributed by atoms with E-state index in [1.165, 1.54) is 11.8 Å². The molecule has 0 N–H and O–H groups in total. The summed E-state index contributed by atoms with van der Waals surface area (Å²) >= 11 is 3.29. The van der Waals surface area contributed by atoms with Crippen LogP contribution in [0.3, 0.4) is 0 Å². The lowest BCUT2D eigenvalue weighted by Crippen LogP contribution is -2.41. The summed E-state index contributed by atoms with van der Waals surface area (Å²) in [7, 11) is 0. The maximum Gasteiger partial charge on any atom is 0.257 e. The number of carbonyl (C=O) groups excluding carboxylic acids is 1. The van der Waals surface area contributed by atoms with E-state index >= 15 is 0 Å². The van der Waals surface area contributed by atoms with Crippen molar-refractivity contribution in [3.05, 3.63) is 57.6 Å². The molecule has 0 bridgehead atoms. The predicted molar refractivity (Wildman–Crippen MR) is 82.7 cm³/mol. The Morgan fingerprint density at radius 2 is 2.05 bits per heavy atom. The van der Waals surface area contributed by atoms with Crippen LogP contribution in [0, 0.1) is 12.7 Å². The van der Waals surface area contributed by atoms with Crippen molar-refractivity contribution in [3.63, 3.8) is 0 Å². The summed E-state index contributed by atoms with van der Waals surface area (Å²) in [5.41, 5.74) is 2.41. The molecular weight excluding hydrogens is 335 g/mol. The average molecular weight is 351 g/mol. The van der Waals surface area contributed by atoms with Gasteiger partial charge in [0.05, 0.1) is 11.6 Å². The molecule has 5 heteroatoms. The molecule has 21 heavy (non-hydrogen) atoms. The van der Waals surface area contributed by atoms with Gasteiger partial charge in [-0.2, -0.15) is 0 Å². The fourth-order valence-electron chi connectivity index (χ4n) is 2.91. The summed E-state index contributed by atoms with van der Waals surface area (Å²) in [6.07, 6.45) is 0. The lowest BCUT2D eigenvalue weighted by molar-refractivity contribution is 0.0638. The van der Waals surface area contributed by atoms with Gasteiger partial charge >= 0.3 is 0 Å². The number of aromatic nitrogens is 1. The lowest BCUT2D eigenvalue weighted by atomic mass is 10.1. The van der Waals surface area contributed by atoms with Crippen molar-refractivity contribution in [3.8, 4) is 0 Å². The van der Waals surface area contributed by atoms with Crippen LogP contribution in [0.1, 0.15) is 34.7 Å². The molecule has 110 valence electrons. The van der Waals surface area contributed by atoms with Gasteiger partial charge in [-0.15, -0.1) is 0 Å². The van der Waals surface area contributed by atoms with Gasteiger partial charge in [-0.3, -0.25) is 4.79 Å². The zero-order chi connectivity index (χ0) is 15.1. The third-order valence-electron chi connectivity index (χ3n) is 4.11. The molecule has 0 spiro atoms. The van der Waals surface area contributed by atoms with Gasteiger partial charge in [-0.25, -0.2) is 4.39 Å². The van der Waals surface area contributed by atoms with Crippen molar-refractivity contribution in [2.45, 2.75) is 26.4 Å². The maximum atomic E-state index is 13.9. The van der Waals surface area contributed by atoms with Crippen LogP contribution in [-0.4, -0.2) is 21.9 Å². The number of rotatable bonds is 1. The predicted octanol–water partition coefficient (Wildman–Crippen LogP) is 3.92. The van der Waals surface area contributed by atoms with E-state index in [1.54, 1.807) is 17.0 Å². The normalized spacial score (nSPS) is 17.7. The van der Waals surface area contributed by atoms with Crippen LogP contribution in [0.4, 0.5) is 4.39 Å². The third-order valence-corrected chi connectivity index (χ3v) is 4.61. The highest BCUT2D eigenvalue weighted by molar-refractivity contribution is 9.10. The van der Waals surface area contributed by atoms with Crippen molar-refractivity contribution >= 4 is 21.8 Å². The molecule has 1 aliphatic rings. The van der Waals surface area contributed by atoms with Crippen molar-refractivity contribution in [2.24, 2.45) is 0 Å². The van der Waals surface area contributed by atoms with Crippen LogP contribution in [0.5, 0.6) is 0 Å². The summed E-state index contributed by atoms with van der Waals surface area (Å²) in [5.74, 6) is -0.737. The first-order valence-electron chi connectivity index (χ1n) is 6.91. The van der Waals surface area contributed by atoms with Gasteiger partial charge in [0.1, 0.15) is 5.82 Å². The fourth-order valence-corrected chi connectivity index (χ4v) is 3.28. The van der Waals surface area contributed by atoms with Crippen LogP contribution in [0.15, 0.2) is 34.8 Å². The number of carbonyl (C=O) groups is 1. The SMILES string of the molecule is Cc1ccc2n1CCN(C(=O)c1cc(Br)ccc1F)C2C. The summed E-state index contributed by atoms with van der Waals surface area (Å²) < 4.78 is 16.8. The smallest absolute Gasteiger partial charge is 0.257 e. The molecule has 0 saturated carbocycles. The number of aryl methyl sites for hydroxylation is 1. The Morgan fingerprint density at radius 1 is 1.29 bits per heavy atom. The first-order chi connectivity index (χ1) is 9.99. The minimum absolute atomic E-state index is 0.0571. The minimum atomic E-state index is -0.479. The van der Waals surface area contributed by atoms with Crippen molar-refractivity contribution in [2.75, 3.05) is 6.54 Å². The Labute approximate surface area is 131 Å². The van der Waals surface area contributed by atoms with Crippen molar-refractivity contribution in [1.29, 1.82) is 0 Å². The van der Waals surface area contributed by atoms with Gasteiger partial charge in [-0.05, 0) is 44.2 Å². The zero-order valence-electron chi connectivity index (χ0n) is 11.9. The molecule has 1 aliphatic heterocycles. The van der Waals surface area contributed by atoms with Crippen LogP contribution < -0.4 is 0 Å². The first-order valence-corrected chi connectivity index (χ1v) is 7.70. The highest BCUT2D eigenvalue weighted by Crippen LogP contribution is 2.29. The largest absolute Gasteiger partial charge is 0.345 e. The molecule has 3 nitrogen and oxygen atoms in total. The molecule has 1 unspecified atom stereocenters. The Bertz CT molecular complexity index is 710. The number of amides is 1. The molecule has 2 heterocycles. The number of nitrogens with zero attached hydrogens (tertiary/aromatic N) is 2. The maximum absolute atomic E-state index is 13.9. The summed E-state index contributed by atoms with van der Waals surface area (Å²) in [6.45, 7) is 5.38. The molecule has 2 aromatic rings. The van der Waals surface area contributed by atoms with E-state index in [-0.39, 0.29) is 17.5 Å². The Hall–Kier alpha value is -1.62. The Kier molecular flexibility index (Phi) is 3.61. The summed E-state index contributed by atoms with van der Waals surface area (Å²) in [6, 6.07) is 8.50. The van der Waals surface area contributed by atoms with Gasteiger partial charge in [0, 0.05) is 29.0 Å². The van der Waals surface area contributed by atoms with Crippen molar-refractivity contribution < 1.29 is 9.18 Å².